The summed E-state index contributed by atoms with van der Waals surface area (Å²) in [5, 5.41) is 12.6. The van der Waals surface area contributed by atoms with Gasteiger partial charge in [-0.2, -0.15) is 10.2 Å². The Labute approximate surface area is 109 Å². The van der Waals surface area contributed by atoms with Gasteiger partial charge in [-0.3, -0.25) is 0 Å². The first-order valence-electron chi connectivity index (χ1n) is 7.05. The molecule has 0 fully saturated rings. The molecule has 1 unspecified atom stereocenters. The van der Waals surface area contributed by atoms with Crippen LogP contribution >= 0.6 is 0 Å². The van der Waals surface area contributed by atoms with Gasteiger partial charge in [0.2, 0.25) is 0 Å². The molecular weight excluding hydrogens is 226 g/mol. The van der Waals surface area contributed by atoms with Crippen molar-refractivity contribution in [1.29, 1.82) is 5.26 Å². The van der Waals surface area contributed by atoms with Crippen molar-refractivity contribution in [1.82, 2.24) is 10.1 Å². The van der Waals surface area contributed by atoms with Gasteiger partial charge in [-0.05, 0) is 12.8 Å². The van der Waals surface area contributed by atoms with Crippen LogP contribution in [0.25, 0.3) is 0 Å². The first kappa shape index (κ1) is 14.7. The van der Waals surface area contributed by atoms with Crippen LogP contribution in [0.15, 0.2) is 4.52 Å². The van der Waals surface area contributed by atoms with E-state index in [0.29, 0.717) is 5.92 Å². The highest BCUT2D eigenvalue weighted by Crippen LogP contribution is 2.25. The first-order chi connectivity index (χ1) is 8.81. The van der Waals surface area contributed by atoms with Crippen molar-refractivity contribution in [2.24, 2.45) is 0 Å². The van der Waals surface area contributed by atoms with E-state index in [9.17, 15) is 0 Å². The second-order valence-electron chi connectivity index (χ2n) is 4.76. The van der Waals surface area contributed by atoms with Crippen molar-refractivity contribution in [2.75, 3.05) is 0 Å². The third kappa shape index (κ3) is 4.87. The summed E-state index contributed by atoms with van der Waals surface area (Å²) in [6.07, 6.45) is 9.55. The lowest BCUT2D eigenvalue weighted by Crippen LogP contribution is -2.02. The van der Waals surface area contributed by atoms with Crippen molar-refractivity contribution < 1.29 is 4.52 Å². The fraction of sp³-hybridized carbons (Fsp3) is 0.786. The maximum Gasteiger partial charge on any atom is 0.329 e. The number of nitrogens with zero attached hydrogens (tertiary/aromatic N) is 3. The second-order valence-corrected chi connectivity index (χ2v) is 4.76. The maximum atomic E-state index is 8.71. The summed E-state index contributed by atoms with van der Waals surface area (Å²) >= 11 is 0. The van der Waals surface area contributed by atoms with Gasteiger partial charge >= 0.3 is 5.89 Å². The quantitative estimate of drug-likeness (QED) is 0.616. The van der Waals surface area contributed by atoms with Crippen LogP contribution in [-0.4, -0.2) is 10.1 Å². The first-order valence-corrected chi connectivity index (χ1v) is 7.05. The molecule has 4 nitrogen and oxygen atoms in total. The standard InChI is InChI=1S/C14H23N3O/c1-3-5-7-8-10-12(9-6-4-2)14-16-13(11-15)18-17-14/h12H,3-10H2,1-2H3. The molecule has 0 aromatic carbocycles. The van der Waals surface area contributed by atoms with Gasteiger partial charge in [-0.25, -0.2) is 0 Å². The predicted molar refractivity (Wildman–Crippen MR) is 70.0 cm³/mol. The van der Waals surface area contributed by atoms with Gasteiger partial charge < -0.3 is 4.52 Å². The lowest BCUT2D eigenvalue weighted by molar-refractivity contribution is 0.386. The van der Waals surface area contributed by atoms with Crippen LogP contribution in [0.2, 0.25) is 0 Å². The van der Waals surface area contributed by atoms with Crippen molar-refractivity contribution in [3.05, 3.63) is 11.7 Å². The Hall–Kier alpha value is -1.37. The molecule has 18 heavy (non-hydrogen) atoms. The Balaban J connectivity index is 2.51. The molecule has 0 amide bonds. The molecule has 1 heterocycles. The molecule has 0 spiro atoms. The second kappa shape index (κ2) is 8.68. The number of rotatable bonds is 9. The third-order valence-electron chi connectivity index (χ3n) is 3.21. The zero-order valence-corrected chi connectivity index (χ0v) is 11.5. The van der Waals surface area contributed by atoms with E-state index < -0.39 is 0 Å². The fourth-order valence-corrected chi connectivity index (χ4v) is 2.12. The molecule has 0 saturated carbocycles. The molecule has 1 rings (SSSR count). The molecule has 0 saturated heterocycles. The molecule has 1 atom stereocenters. The smallest absolute Gasteiger partial charge is 0.323 e. The van der Waals surface area contributed by atoms with E-state index in [1.54, 1.807) is 0 Å². The molecule has 1 aromatic heterocycles. The van der Waals surface area contributed by atoms with Gasteiger partial charge in [0.15, 0.2) is 11.9 Å². The molecule has 4 heteroatoms. The Morgan fingerprint density at radius 3 is 2.44 bits per heavy atom. The van der Waals surface area contributed by atoms with E-state index in [-0.39, 0.29) is 5.89 Å². The number of hydrogen-bond acceptors (Lipinski definition) is 4. The topological polar surface area (TPSA) is 62.7 Å². The van der Waals surface area contributed by atoms with Gasteiger partial charge in [0.1, 0.15) is 0 Å². The van der Waals surface area contributed by atoms with Crippen LogP contribution in [0.1, 0.15) is 82.8 Å². The van der Waals surface area contributed by atoms with E-state index in [2.05, 4.69) is 24.0 Å². The third-order valence-corrected chi connectivity index (χ3v) is 3.21. The Kier molecular flexibility index (Phi) is 7.09. The van der Waals surface area contributed by atoms with Crippen LogP contribution in [0, 0.1) is 11.3 Å². The highest BCUT2D eigenvalue weighted by atomic mass is 16.5. The largest absolute Gasteiger partial charge is 0.329 e. The van der Waals surface area contributed by atoms with Crippen LogP contribution in [-0.2, 0) is 0 Å². The Morgan fingerprint density at radius 2 is 1.83 bits per heavy atom. The lowest BCUT2D eigenvalue weighted by atomic mass is 9.94. The summed E-state index contributed by atoms with van der Waals surface area (Å²) in [4.78, 5) is 4.14. The Morgan fingerprint density at radius 1 is 1.11 bits per heavy atom. The van der Waals surface area contributed by atoms with Crippen molar-refractivity contribution in [2.45, 2.75) is 71.1 Å². The summed E-state index contributed by atoms with van der Waals surface area (Å²) in [7, 11) is 0. The minimum absolute atomic E-state index is 0.0834. The summed E-state index contributed by atoms with van der Waals surface area (Å²) in [6.45, 7) is 4.40. The van der Waals surface area contributed by atoms with Gasteiger partial charge in [-0.15, -0.1) is 0 Å². The van der Waals surface area contributed by atoms with Gasteiger partial charge in [0.25, 0.3) is 0 Å². The van der Waals surface area contributed by atoms with E-state index >= 15 is 0 Å². The SMILES string of the molecule is CCCCCCC(CCCC)c1noc(C#N)n1. The monoisotopic (exact) mass is 249 g/mol. The van der Waals surface area contributed by atoms with Gasteiger partial charge in [-0.1, -0.05) is 57.5 Å². The van der Waals surface area contributed by atoms with Crippen LogP contribution in [0.5, 0.6) is 0 Å². The average molecular weight is 249 g/mol. The normalized spacial score (nSPS) is 12.3. The van der Waals surface area contributed by atoms with Crippen molar-refractivity contribution in [3.63, 3.8) is 0 Å². The zero-order valence-electron chi connectivity index (χ0n) is 11.5. The predicted octanol–water partition coefficient (Wildman–Crippen LogP) is 4.19. The summed E-state index contributed by atoms with van der Waals surface area (Å²) < 4.78 is 4.88. The highest BCUT2D eigenvalue weighted by Gasteiger charge is 2.17. The maximum absolute atomic E-state index is 8.71. The molecule has 100 valence electrons. The molecular formula is C14H23N3O. The summed E-state index contributed by atoms with van der Waals surface area (Å²) in [5.74, 6) is 1.16. The van der Waals surface area contributed by atoms with E-state index in [0.717, 1.165) is 18.7 Å². The molecule has 0 aliphatic rings. The molecule has 0 aliphatic carbocycles. The van der Waals surface area contributed by atoms with Gasteiger partial charge in [0.05, 0.1) is 0 Å². The zero-order chi connectivity index (χ0) is 13.2. The average Bonchev–Trinajstić information content (AvgIpc) is 2.86. The molecule has 1 aromatic rings. The van der Waals surface area contributed by atoms with Crippen molar-refractivity contribution in [3.8, 4) is 6.07 Å². The van der Waals surface area contributed by atoms with E-state index in [1.807, 2.05) is 6.07 Å². The number of aromatic nitrogens is 2. The summed E-state index contributed by atoms with van der Waals surface area (Å²) in [6, 6.07) is 1.89. The number of hydrogen-bond donors (Lipinski definition) is 0. The fourth-order valence-electron chi connectivity index (χ4n) is 2.12. The van der Waals surface area contributed by atoms with Gasteiger partial charge in [0, 0.05) is 5.92 Å². The van der Waals surface area contributed by atoms with Crippen LogP contribution < -0.4 is 0 Å². The minimum Gasteiger partial charge on any atom is -0.323 e. The van der Waals surface area contributed by atoms with Crippen LogP contribution in [0.4, 0.5) is 0 Å². The Bertz CT molecular complexity index is 367. The van der Waals surface area contributed by atoms with Crippen LogP contribution in [0.3, 0.4) is 0 Å². The van der Waals surface area contributed by atoms with E-state index in [1.165, 1.54) is 38.5 Å². The minimum atomic E-state index is 0.0834. The summed E-state index contributed by atoms with van der Waals surface area (Å²) in [5.41, 5.74) is 0. The highest BCUT2D eigenvalue weighted by molar-refractivity contribution is 5.06. The van der Waals surface area contributed by atoms with Crippen molar-refractivity contribution >= 4 is 0 Å². The number of unbranched alkanes of at least 4 members (excludes halogenated alkanes) is 4. The lowest BCUT2D eigenvalue weighted by Gasteiger charge is -2.12. The molecule has 0 aliphatic heterocycles. The van der Waals surface area contributed by atoms with E-state index in [4.69, 9.17) is 9.78 Å². The molecule has 0 bridgehead atoms. The molecule has 0 radical (unpaired) electrons. The molecule has 0 N–H and O–H groups in total. The number of nitriles is 1.